The normalized spacial score (nSPS) is 20.6. The fourth-order valence-corrected chi connectivity index (χ4v) is 5.91. The van der Waals surface area contributed by atoms with Crippen LogP contribution in [0.5, 0.6) is 0 Å². The lowest BCUT2D eigenvalue weighted by molar-refractivity contribution is -0.112. The highest BCUT2D eigenvalue weighted by molar-refractivity contribution is 8.04. The van der Waals surface area contributed by atoms with Crippen LogP contribution in [0.1, 0.15) is 55.8 Å². The van der Waals surface area contributed by atoms with Gasteiger partial charge in [0.1, 0.15) is 10.7 Å². The highest BCUT2D eigenvalue weighted by Crippen LogP contribution is 2.27. The molecule has 0 atom stereocenters. The van der Waals surface area contributed by atoms with Gasteiger partial charge < -0.3 is 20.3 Å². The van der Waals surface area contributed by atoms with E-state index >= 15 is 0 Å². The van der Waals surface area contributed by atoms with Crippen LogP contribution in [-0.4, -0.2) is 79.3 Å². The predicted molar refractivity (Wildman–Crippen MR) is 138 cm³/mol. The van der Waals surface area contributed by atoms with Crippen LogP contribution in [0.4, 0.5) is 5.69 Å². The summed E-state index contributed by atoms with van der Waals surface area (Å²) in [5.74, 6) is 0.999. The Balaban J connectivity index is 1.20. The van der Waals surface area contributed by atoms with Gasteiger partial charge in [0, 0.05) is 44.5 Å². The Hall–Kier alpha value is -2.03. The van der Waals surface area contributed by atoms with E-state index in [0.29, 0.717) is 35.1 Å². The van der Waals surface area contributed by atoms with Crippen LogP contribution in [0.25, 0.3) is 0 Å². The fourth-order valence-electron chi connectivity index (χ4n) is 5.10. The number of ether oxygens (including phenoxy) is 1. The van der Waals surface area contributed by atoms with Crippen molar-refractivity contribution in [3.63, 3.8) is 0 Å². The SMILES string of the molecule is CC1=C(C(=O)Nc2ccccc2C(=O)NCCCN2CCN(C3CCCCC3)CC2)SCCO1. The van der Waals surface area contributed by atoms with Crippen LogP contribution >= 0.6 is 11.8 Å². The largest absolute Gasteiger partial charge is 0.496 e. The van der Waals surface area contributed by atoms with Crippen LogP contribution < -0.4 is 10.6 Å². The number of hydrogen-bond acceptors (Lipinski definition) is 6. The highest BCUT2D eigenvalue weighted by Gasteiger charge is 2.25. The van der Waals surface area contributed by atoms with Gasteiger partial charge in [-0.2, -0.15) is 0 Å². The van der Waals surface area contributed by atoms with Gasteiger partial charge in [0.2, 0.25) is 0 Å². The standard InChI is InChI=1S/C26H38N4O3S/c1-20-24(34-19-18-33-20)26(32)28-23-11-6-5-10-22(23)25(31)27-12-7-13-29-14-16-30(17-15-29)21-8-3-2-4-9-21/h5-6,10-11,21H,2-4,7-9,12-19H2,1H3,(H,27,31)(H,28,32). The summed E-state index contributed by atoms with van der Waals surface area (Å²) in [7, 11) is 0. The van der Waals surface area contributed by atoms with E-state index in [-0.39, 0.29) is 11.8 Å². The molecule has 0 bridgehead atoms. The summed E-state index contributed by atoms with van der Waals surface area (Å²) in [5.41, 5.74) is 1.01. The monoisotopic (exact) mass is 486 g/mol. The molecule has 2 heterocycles. The molecular weight excluding hydrogens is 448 g/mol. The average molecular weight is 487 g/mol. The van der Waals surface area contributed by atoms with Gasteiger partial charge in [-0.1, -0.05) is 31.4 Å². The van der Waals surface area contributed by atoms with Crippen molar-refractivity contribution in [3.05, 3.63) is 40.5 Å². The van der Waals surface area contributed by atoms with Crippen molar-refractivity contribution in [1.82, 2.24) is 15.1 Å². The zero-order valence-corrected chi connectivity index (χ0v) is 21.1. The van der Waals surface area contributed by atoms with Crippen LogP contribution in [0.15, 0.2) is 34.9 Å². The van der Waals surface area contributed by atoms with E-state index in [1.54, 1.807) is 19.1 Å². The number of thioether (sulfide) groups is 1. The molecule has 1 saturated heterocycles. The lowest BCUT2D eigenvalue weighted by atomic mass is 9.94. The highest BCUT2D eigenvalue weighted by atomic mass is 32.2. The number of hydrogen-bond donors (Lipinski definition) is 2. The van der Waals surface area contributed by atoms with E-state index < -0.39 is 0 Å². The molecule has 2 amide bonds. The Morgan fingerprint density at radius 3 is 2.59 bits per heavy atom. The summed E-state index contributed by atoms with van der Waals surface area (Å²) in [6.07, 6.45) is 7.86. The second-order valence-corrected chi connectivity index (χ2v) is 10.5. The molecule has 0 unspecified atom stereocenters. The number of benzene rings is 1. The van der Waals surface area contributed by atoms with Crippen LogP contribution in [-0.2, 0) is 9.53 Å². The smallest absolute Gasteiger partial charge is 0.265 e. The molecule has 1 saturated carbocycles. The molecule has 8 heteroatoms. The minimum atomic E-state index is -0.227. The van der Waals surface area contributed by atoms with Crippen LogP contribution in [0.2, 0.25) is 0 Å². The minimum absolute atomic E-state index is 0.156. The molecule has 1 aromatic rings. The number of allylic oxidation sites excluding steroid dienone is 1. The van der Waals surface area contributed by atoms with Crippen LogP contribution in [0, 0.1) is 0 Å². The summed E-state index contributed by atoms with van der Waals surface area (Å²) in [6.45, 7) is 8.62. The number of anilines is 1. The fraction of sp³-hybridized carbons (Fsp3) is 0.615. The maximum absolute atomic E-state index is 12.8. The first-order valence-corrected chi connectivity index (χ1v) is 13.7. The van der Waals surface area contributed by atoms with Gasteiger partial charge in [-0.15, -0.1) is 11.8 Å². The van der Waals surface area contributed by atoms with Gasteiger partial charge in [-0.25, -0.2) is 0 Å². The Morgan fingerprint density at radius 1 is 1.06 bits per heavy atom. The lowest BCUT2D eigenvalue weighted by Gasteiger charge is -2.40. The first-order valence-electron chi connectivity index (χ1n) is 12.7. The number of nitrogens with one attached hydrogen (secondary N) is 2. The molecule has 2 N–H and O–H groups in total. The zero-order chi connectivity index (χ0) is 23.8. The van der Waals surface area contributed by atoms with Gasteiger partial charge in [0.15, 0.2) is 0 Å². The molecule has 34 heavy (non-hydrogen) atoms. The van der Waals surface area contributed by atoms with Gasteiger partial charge in [-0.3, -0.25) is 14.5 Å². The topological polar surface area (TPSA) is 73.9 Å². The molecule has 4 rings (SSSR count). The van der Waals surface area contributed by atoms with E-state index in [1.807, 2.05) is 12.1 Å². The Kier molecular flexibility index (Phi) is 9.30. The molecule has 7 nitrogen and oxygen atoms in total. The number of para-hydroxylation sites is 1. The third-order valence-corrected chi connectivity index (χ3v) is 8.16. The second kappa shape index (κ2) is 12.6. The molecule has 186 valence electrons. The third-order valence-electron chi connectivity index (χ3n) is 7.03. The maximum Gasteiger partial charge on any atom is 0.265 e. The van der Waals surface area contributed by atoms with Crippen LogP contribution in [0.3, 0.4) is 0 Å². The number of amides is 2. The Bertz CT molecular complexity index is 877. The van der Waals surface area contributed by atoms with E-state index in [1.165, 1.54) is 57.0 Å². The predicted octanol–water partition coefficient (Wildman–Crippen LogP) is 3.69. The van der Waals surface area contributed by atoms with Crippen molar-refractivity contribution in [1.29, 1.82) is 0 Å². The molecule has 0 spiro atoms. The number of nitrogens with zero attached hydrogens (tertiary/aromatic N) is 2. The molecule has 0 aromatic heterocycles. The van der Waals surface area contributed by atoms with E-state index in [4.69, 9.17) is 4.74 Å². The third kappa shape index (κ3) is 6.77. The lowest BCUT2D eigenvalue weighted by Crippen LogP contribution is -2.51. The summed E-state index contributed by atoms with van der Waals surface area (Å²) < 4.78 is 5.49. The van der Waals surface area contributed by atoms with E-state index in [9.17, 15) is 9.59 Å². The van der Waals surface area contributed by atoms with Gasteiger partial charge >= 0.3 is 0 Å². The number of carbonyl (C=O) groups is 2. The number of rotatable bonds is 8. The summed E-state index contributed by atoms with van der Waals surface area (Å²) >= 11 is 1.49. The quantitative estimate of drug-likeness (QED) is 0.546. The molecule has 0 radical (unpaired) electrons. The molecular formula is C26H38N4O3S. The van der Waals surface area contributed by atoms with E-state index in [2.05, 4.69) is 20.4 Å². The Labute approximate surface area is 207 Å². The molecule has 3 aliphatic rings. The molecule has 1 aromatic carbocycles. The summed E-state index contributed by atoms with van der Waals surface area (Å²) in [4.78, 5) is 31.3. The van der Waals surface area contributed by atoms with Gasteiger partial charge in [-0.05, 0) is 44.9 Å². The summed E-state index contributed by atoms with van der Waals surface area (Å²) in [5, 5.41) is 5.93. The zero-order valence-electron chi connectivity index (χ0n) is 20.3. The van der Waals surface area contributed by atoms with Crippen molar-refractivity contribution in [2.75, 3.05) is 56.9 Å². The Morgan fingerprint density at radius 2 is 1.82 bits per heavy atom. The molecule has 2 fully saturated rings. The average Bonchev–Trinajstić information content (AvgIpc) is 2.88. The van der Waals surface area contributed by atoms with Crippen molar-refractivity contribution in [2.45, 2.75) is 51.5 Å². The molecule has 1 aliphatic carbocycles. The van der Waals surface area contributed by atoms with Crippen molar-refractivity contribution < 1.29 is 14.3 Å². The van der Waals surface area contributed by atoms with Crippen molar-refractivity contribution in [3.8, 4) is 0 Å². The number of piperazine rings is 1. The minimum Gasteiger partial charge on any atom is -0.496 e. The van der Waals surface area contributed by atoms with Crippen molar-refractivity contribution in [2.24, 2.45) is 0 Å². The molecule has 2 aliphatic heterocycles. The summed E-state index contributed by atoms with van der Waals surface area (Å²) in [6, 6.07) is 7.97. The first kappa shape index (κ1) is 25.1. The van der Waals surface area contributed by atoms with Crippen molar-refractivity contribution >= 4 is 29.3 Å². The maximum atomic E-state index is 12.8. The first-order chi connectivity index (χ1) is 16.6. The van der Waals surface area contributed by atoms with Gasteiger partial charge in [0.05, 0.1) is 17.9 Å². The number of carbonyl (C=O) groups excluding carboxylic acids is 2. The van der Waals surface area contributed by atoms with Gasteiger partial charge in [0.25, 0.3) is 11.8 Å². The van der Waals surface area contributed by atoms with E-state index in [0.717, 1.165) is 37.8 Å². The second-order valence-electron chi connectivity index (χ2n) is 9.36.